The third kappa shape index (κ3) is 1.75. The molecule has 0 saturated heterocycles. The quantitative estimate of drug-likeness (QED) is 0.687. The van der Waals surface area contributed by atoms with Crippen LogP contribution >= 0.6 is 0 Å². The van der Waals surface area contributed by atoms with E-state index in [9.17, 15) is 0 Å². The minimum atomic E-state index is 0.544. The normalized spacial score (nSPS) is 13.6. The molecule has 2 N–H and O–H groups in total. The molecule has 20 heavy (non-hydrogen) atoms. The van der Waals surface area contributed by atoms with Crippen LogP contribution in [0.15, 0.2) is 40.8 Å². The second-order valence-electron chi connectivity index (χ2n) is 4.60. The molecule has 0 saturated carbocycles. The van der Waals surface area contributed by atoms with Crippen LogP contribution in [0.2, 0.25) is 0 Å². The standard InChI is InChI=1S/C15H12N2O3/c16-10-2-4-12-11(8-10)17-15(20-12)9-1-3-13-14(7-9)19-6-5-18-13/h1-4,7-8H,5-6,16H2. The van der Waals surface area contributed by atoms with Crippen molar-refractivity contribution in [3.8, 4) is 23.0 Å². The summed E-state index contributed by atoms with van der Waals surface area (Å²) in [5.41, 5.74) is 8.72. The maximum atomic E-state index is 5.74. The van der Waals surface area contributed by atoms with E-state index in [1.54, 1.807) is 12.1 Å². The molecule has 2 heterocycles. The number of nitrogens with zero attached hydrogens (tertiary/aromatic N) is 1. The van der Waals surface area contributed by atoms with E-state index in [0.717, 1.165) is 22.6 Å². The van der Waals surface area contributed by atoms with Crippen molar-refractivity contribution in [1.82, 2.24) is 4.98 Å². The maximum absolute atomic E-state index is 5.74. The second kappa shape index (κ2) is 4.16. The lowest BCUT2D eigenvalue weighted by Gasteiger charge is -2.18. The zero-order valence-corrected chi connectivity index (χ0v) is 10.6. The summed E-state index contributed by atoms with van der Waals surface area (Å²) < 4.78 is 16.8. The van der Waals surface area contributed by atoms with E-state index >= 15 is 0 Å². The number of nitrogen functional groups attached to an aromatic ring is 1. The number of aromatic nitrogens is 1. The Hall–Kier alpha value is -2.69. The molecule has 0 bridgehead atoms. The van der Waals surface area contributed by atoms with Crippen molar-refractivity contribution in [3.63, 3.8) is 0 Å². The Labute approximate surface area is 114 Å². The average Bonchev–Trinajstić information content (AvgIpc) is 2.89. The monoisotopic (exact) mass is 268 g/mol. The molecule has 4 rings (SSSR count). The number of rotatable bonds is 1. The molecule has 0 aliphatic carbocycles. The molecule has 0 radical (unpaired) electrons. The van der Waals surface area contributed by atoms with Crippen LogP contribution in [0.25, 0.3) is 22.6 Å². The highest BCUT2D eigenvalue weighted by Crippen LogP contribution is 2.35. The molecular formula is C15H12N2O3. The molecule has 0 spiro atoms. The van der Waals surface area contributed by atoms with Crippen LogP contribution in [0.1, 0.15) is 0 Å². The number of benzene rings is 2. The second-order valence-corrected chi connectivity index (χ2v) is 4.60. The maximum Gasteiger partial charge on any atom is 0.227 e. The minimum absolute atomic E-state index is 0.544. The van der Waals surface area contributed by atoms with Crippen LogP contribution in [-0.2, 0) is 0 Å². The molecule has 2 aromatic carbocycles. The van der Waals surface area contributed by atoms with Crippen LogP contribution < -0.4 is 15.2 Å². The predicted octanol–water partition coefficient (Wildman–Crippen LogP) is 2.85. The van der Waals surface area contributed by atoms with Gasteiger partial charge in [0, 0.05) is 11.3 Å². The number of anilines is 1. The number of hydrogen-bond donors (Lipinski definition) is 1. The number of fused-ring (bicyclic) bond motifs is 2. The van der Waals surface area contributed by atoms with Gasteiger partial charge < -0.3 is 19.6 Å². The van der Waals surface area contributed by atoms with Crippen LogP contribution in [0.5, 0.6) is 11.5 Å². The number of nitrogens with two attached hydrogens (primary N) is 1. The smallest absolute Gasteiger partial charge is 0.227 e. The van der Waals surface area contributed by atoms with Crippen molar-refractivity contribution in [2.75, 3.05) is 18.9 Å². The van der Waals surface area contributed by atoms with Gasteiger partial charge in [0.25, 0.3) is 0 Å². The van der Waals surface area contributed by atoms with Gasteiger partial charge in [-0.15, -0.1) is 0 Å². The van der Waals surface area contributed by atoms with Gasteiger partial charge in [-0.25, -0.2) is 4.98 Å². The summed E-state index contributed by atoms with van der Waals surface area (Å²) in [5.74, 6) is 2.01. The van der Waals surface area contributed by atoms with Gasteiger partial charge in [-0.3, -0.25) is 0 Å². The van der Waals surface area contributed by atoms with Crippen molar-refractivity contribution in [3.05, 3.63) is 36.4 Å². The van der Waals surface area contributed by atoms with Crippen LogP contribution in [-0.4, -0.2) is 18.2 Å². The molecule has 5 nitrogen and oxygen atoms in total. The SMILES string of the molecule is Nc1ccc2oc(-c3ccc4c(c3)OCCO4)nc2c1. The minimum Gasteiger partial charge on any atom is -0.486 e. The van der Waals surface area contributed by atoms with E-state index in [0.29, 0.717) is 30.4 Å². The Morgan fingerprint density at radius 1 is 0.950 bits per heavy atom. The summed E-state index contributed by atoms with van der Waals surface area (Å²) in [6.45, 7) is 1.13. The van der Waals surface area contributed by atoms with Crippen molar-refractivity contribution >= 4 is 16.8 Å². The van der Waals surface area contributed by atoms with E-state index in [-0.39, 0.29) is 0 Å². The Morgan fingerprint density at radius 3 is 2.70 bits per heavy atom. The first kappa shape index (κ1) is 11.2. The number of ether oxygens (including phenoxy) is 2. The van der Waals surface area contributed by atoms with Crippen LogP contribution in [0.3, 0.4) is 0 Å². The zero-order valence-electron chi connectivity index (χ0n) is 10.6. The van der Waals surface area contributed by atoms with Crippen LogP contribution in [0, 0.1) is 0 Å². The van der Waals surface area contributed by atoms with Crippen molar-refractivity contribution in [1.29, 1.82) is 0 Å². The van der Waals surface area contributed by atoms with Crippen LogP contribution in [0.4, 0.5) is 5.69 Å². The van der Waals surface area contributed by atoms with E-state index in [1.165, 1.54) is 0 Å². The van der Waals surface area contributed by atoms with E-state index < -0.39 is 0 Å². The Bertz CT molecular complexity index is 795. The summed E-state index contributed by atoms with van der Waals surface area (Å²) in [5, 5.41) is 0. The summed E-state index contributed by atoms with van der Waals surface area (Å²) in [6, 6.07) is 11.1. The molecule has 5 heteroatoms. The Balaban J connectivity index is 1.82. The fraction of sp³-hybridized carbons (Fsp3) is 0.133. The van der Waals surface area contributed by atoms with E-state index in [1.807, 2.05) is 24.3 Å². The lowest BCUT2D eigenvalue weighted by Crippen LogP contribution is -2.15. The molecule has 1 aliphatic rings. The number of hydrogen-bond acceptors (Lipinski definition) is 5. The van der Waals surface area contributed by atoms with E-state index in [4.69, 9.17) is 19.6 Å². The molecule has 1 aromatic heterocycles. The van der Waals surface area contributed by atoms with Crippen molar-refractivity contribution in [2.24, 2.45) is 0 Å². The largest absolute Gasteiger partial charge is 0.486 e. The van der Waals surface area contributed by atoms with Gasteiger partial charge in [0.2, 0.25) is 5.89 Å². The van der Waals surface area contributed by atoms with Gasteiger partial charge in [0.1, 0.15) is 18.7 Å². The van der Waals surface area contributed by atoms with Crippen molar-refractivity contribution in [2.45, 2.75) is 0 Å². The van der Waals surface area contributed by atoms with Gasteiger partial charge in [-0.05, 0) is 36.4 Å². The highest BCUT2D eigenvalue weighted by molar-refractivity contribution is 5.79. The zero-order chi connectivity index (χ0) is 13.5. The molecule has 3 aromatic rings. The molecular weight excluding hydrogens is 256 g/mol. The van der Waals surface area contributed by atoms with Gasteiger partial charge in [-0.1, -0.05) is 0 Å². The fourth-order valence-electron chi connectivity index (χ4n) is 2.24. The summed E-state index contributed by atoms with van der Waals surface area (Å²) in [7, 11) is 0. The fourth-order valence-corrected chi connectivity index (χ4v) is 2.24. The third-order valence-corrected chi connectivity index (χ3v) is 3.20. The molecule has 0 unspecified atom stereocenters. The first-order valence-corrected chi connectivity index (χ1v) is 6.36. The van der Waals surface area contributed by atoms with Gasteiger partial charge >= 0.3 is 0 Å². The highest BCUT2D eigenvalue weighted by atomic mass is 16.6. The molecule has 100 valence electrons. The molecule has 0 fully saturated rings. The average molecular weight is 268 g/mol. The van der Waals surface area contributed by atoms with E-state index in [2.05, 4.69) is 4.98 Å². The van der Waals surface area contributed by atoms with Gasteiger partial charge in [0.05, 0.1) is 0 Å². The van der Waals surface area contributed by atoms with Crippen molar-refractivity contribution < 1.29 is 13.9 Å². The lowest BCUT2D eigenvalue weighted by atomic mass is 10.2. The lowest BCUT2D eigenvalue weighted by molar-refractivity contribution is 0.171. The van der Waals surface area contributed by atoms with Gasteiger partial charge in [-0.2, -0.15) is 0 Å². The molecule has 0 amide bonds. The van der Waals surface area contributed by atoms with Gasteiger partial charge in [0.15, 0.2) is 17.1 Å². The highest BCUT2D eigenvalue weighted by Gasteiger charge is 2.15. The first-order valence-electron chi connectivity index (χ1n) is 6.36. The third-order valence-electron chi connectivity index (χ3n) is 3.20. The summed E-state index contributed by atoms with van der Waals surface area (Å²) in [4.78, 5) is 4.45. The Kier molecular flexibility index (Phi) is 2.32. The Morgan fingerprint density at radius 2 is 1.80 bits per heavy atom. The number of oxazole rings is 1. The predicted molar refractivity (Wildman–Crippen MR) is 74.8 cm³/mol. The topological polar surface area (TPSA) is 70.5 Å². The molecule has 1 aliphatic heterocycles. The molecule has 0 atom stereocenters. The first-order chi connectivity index (χ1) is 9.79. The summed E-state index contributed by atoms with van der Waals surface area (Å²) in [6.07, 6.45) is 0. The summed E-state index contributed by atoms with van der Waals surface area (Å²) >= 11 is 0.